The average Bonchev–Trinajstić information content (AvgIpc) is 2.97. The lowest BCUT2D eigenvalue weighted by atomic mass is 10.1. The zero-order valence-corrected chi connectivity index (χ0v) is 12.7. The highest BCUT2D eigenvalue weighted by Crippen LogP contribution is 2.25. The summed E-state index contributed by atoms with van der Waals surface area (Å²) in [6, 6.07) is 4.57. The van der Waals surface area contributed by atoms with E-state index in [4.69, 9.17) is 0 Å². The molecule has 0 aliphatic carbocycles. The molecule has 0 fully saturated rings. The molecular formula is C14H12N4O3S. The molecule has 2 heterocycles. The fourth-order valence-electron chi connectivity index (χ4n) is 2.16. The van der Waals surface area contributed by atoms with Crippen LogP contribution in [0.4, 0.5) is 11.4 Å². The molecular weight excluding hydrogens is 304 g/mol. The lowest BCUT2D eigenvalue weighted by Crippen LogP contribution is -2.13. The lowest BCUT2D eigenvalue weighted by Gasteiger charge is -2.07. The molecule has 0 saturated carbocycles. The number of hydrogen-bond acceptors (Lipinski definition) is 5. The minimum Gasteiger partial charge on any atom is -0.320 e. The van der Waals surface area contributed by atoms with Gasteiger partial charge in [-0.3, -0.25) is 19.3 Å². The second kappa shape index (κ2) is 5.23. The number of fused-ring (bicyclic) bond motifs is 1. The zero-order valence-electron chi connectivity index (χ0n) is 11.9. The number of nitro groups is 1. The van der Waals surface area contributed by atoms with Crippen LogP contribution in [0.25, 0.3) is 4.96 Å². The Morgan fingerprint density at radius 3 is 2.82 bits per heavy atom. The van der Waals surface area contributed by atoms with Crippen LogP contribution in [0, 0.1) is 24.0 Å². The fraction of sp³-hybridized carbons (Fsp3) is 0.143. The minimum absolute atomic E-state index is 0.0285. The van der Waals surface area contributed by atoms with Crippen molar-refractivity contribution in [3.8, 4) is 0 Å². The Hall–Kier alpha value is -2.74. The molecule has 3 rings (SSSR count). The number of benzene rings is 1. The van der Waals surface area contributed by atoms with Crippen LogP contribution in [0.5, 0.6) is 0 Å². The van der Waals surface area contributed by atoms with Crippen LogP contribution >= 0.6 is 11.3 Å². The third kappa shape index (κ3) is 2.44. The first-order valence-electron chi connectivity index (χ1n) is 6.46. The number of thiazole rings is 1. The van der Waals surface area contributed by atoms with Crippen molar-refractivity contribution in [1.82, 2.24) is 9.38 Å². The summed E-state index contributed by atoms with van der Waals surface area (Å²) in [5.41, 5.74) is 1.07. The van der Waals surface area contributed by atoms with Crippen molar-refractivity contribution >= 4 is 33.6 Å². The molecule has 1 aromatic carbocycles. The molecule has 112 valence electrons. The summed E-state index contributed by atoms with van der Waals surface area (Å²) in [4.78, 5) is 28.8. The predicted octanol–water partition coefficient (Wildman–Crippen LogP) is 3.17. The first-order valence-corrected chi connectivity index (χ1v) is 7.28. The first kappa shape index (κ1) is 14.2. The number of amides is 1. The molecule has 0 saturated heterocycles. The largest absolute Gasteiger partial charge is 0.320 e. The lowest BCUT2D eigenvalue weighted by molar-refractivity contribution is -0.385. The molecule has 8 heteroatoms. The van der Waals surface area contributed by atoms with E-state index >= 15 is 0 Å². The van der Waals surface area contributed by atoms with Gasteiger partial charge < -0.3 is 5.32 Å². The molecule has 0 radical (unpaired) electrons. The van der Waals surface area contributed by atoms with E-state index in [0.717, 1.165) is 9.84 Å². The highest BCUT2D eigenvalue weighted by atomic mass is 32.1. The van der Waals surface area contributed by atoms with Gasteiger partial charge >= 0.3 is 0 Å². The Kier molecular flexibility index (Phi) is 3.38. The second-order valence-corrected chi connectivity index (χ2v) is 6.03. The van der Waals surface area contributed by atoms with Gasteiger partial charge in [-0.05, 0) is 19.9 Å². The van der Waals surface area contributed by atoms with Gasteiger partial charge in [0.05, 0.1) is 16.2 Å². The minimum atomic E-state index is -0.472. The second-order valence-electron chi connectivity index (χ2n) is 4.82. The number of nitro benzene ring substituents is 1. The SMILES string of the molecule is Cc1cn2cc(C(=O)Nc3cccc([N+](=O)[O-])c3C)nc2s1. The first-order chi connectivity index (χ1) is 10.5. The summed E-state index contributed by atoms with van der Waals surface area (Å²) < 4.78 is 1.79. The molecule has 1 N–H and O–H groups in total. The molecule has 7 nitrogen and oxygen atoms in total. The number of carbonyl (C=O) groups excluding carboxylic acids is 1. The molecule has 2 aromatic heterocycles. The van der Waals surface area contributed by atoms with Crippen molar-refractivity contribution in [1.29, 1.82) is 0 Å². The zero-order chi connectivity index (χ0) is 15.9. The van der Waals surface area contributed by atoms with Gasteiger partial charge in [0, 0.05) is 23.3 Å². The molecule has 0 unspecified atom stereocenters. The van der Waals surface area contributed by atoms with Crippen LogP contribution in [0.15, 0.2) is 30.6 Å². The Balaban J connectivity index is 1.89. The molecule has 0 aliphatic rings. The number of aryl methyl sites for hydroxylation is 1. The number of hydrogen-bond donors (Lipinski definition) is 1. The number of nitrogens with zero attached hydrogens (tertiary/aromatic N) is 3. The van der Waals surface area contributed by atoms with Gasteiger partial charge in [0.25, 0.3) is 11.6 Å². The summed E-state index contributed by atoms with van der Waals surface area (Å²) in [5.74, 6) is -0.392. The van der Waals surface area contributed by atoms with Crippen LogP contribution < -0.4 is 5.32 Å². The van der Waals surface area contributed by atoms with E-state index in [0.29, 0.717) is 11.3 Å². The summed E-state index contributed by atoms with van der Waals surface area (Å²) in [6.07, 6.45) is 3.53. The van der Waals surface area contributed by atoms with E-state index < -0.39 is 10.8 Å². The van der Waals surface area contributed by atoms with Gasteiger partial charge in [0.1, 0.15) is 5.69 Å². The number of imidazole rings is 1. The molecule has 0 atom stereocenters. The highest BCUT2D eigenvalue weighted by molar-refractivity contribution is 7.17. The van der Waals surface area contributed by atoms with Crippen molar-refractivity contribution in [2.24, 2.45) is 0 Å². The molecule has 1 amide bonds. The van der Waals surface area contributed by atoms with E-state index in [1.54, 1.807) is 23.6 Å². The van der Waals surface area contributed by atoms with Crippen molar-refractivity contribution in [3.63, 3.8) is 0 Å². The van der Waals surface area contributed by atoms with Crippen LogP contribution in [-0.4, -0.2) is 20.2 Å². The highest BCUT2D eigenvalue weighted by Gasteiger charge is 2.17. The Morgan fingerprint density at radius 2 is 2.14 bits per heavy atom. The topological polar surface area (TPSA) is 89.5 Å². The normalized spacial score (nSPS) is 10.8. The number of carbonyl (C=O) groups is 1. The smallest absolute Gasteiger partial charge is 0.275 e. The summed E-state index contributed by atoms with van der Waals surface area (Å²) in [6.45, 7) is 3.56. The van der Waals surface area contributed by atoms with E-state index in [9.17, 15) is 14.9 Å². The number of aromatic nitrogens is 2. The van der Waals surface area contributed by atoms with Gasteiger partial charge in [-0.2, -0.15) is 0 Å². The van der Waals surface area contributed by atoms with E-state index in [1.807, 2.05) is 13.1 Å². The van der Waals surface area contributed by atoms with Gasteiger partial charge in [0.2, 0.25) is 0 Å². The van der Waals surface area contributed by atoms with Gasteiger partial charge in [0.15, 0.2) is 4.96 Å². The van der Waals surface area contributed by atoms with Crippen LogP contribution in [0.1, 0.15) is 20.9 Å². The van der Waals surface area contributed by atoms with Gasteiger partial charge in [-0.25, -0.2) is 4.98 Å². The molecule has 22 heavy (non-hydrogen) atoms. The van der Waals surface area contributed by atoms with Gasteiger partial charge in [-0.15, -0.1) is 11.3 Å². The monoisotopic (exact) mass is 316 g/mol. The van der Waals surface area contributed by atoms with Crippen LogP contribution in [0.3, 0.4) is 0 Å². The maximum Gasteiger partial charge on any atom is 0.275 e. The molecule has 0 bridgehead atoms. The Labute approximate surface area is 129 Å². The van der Waals surface area contributed by atoms with Crippen molar-refractivity contribution in [3.05, 3.63) is 56.8 Å². The Morgan fingerprint density at radius 1 is 1.36 bits per heavy atom. The van der Waals surface area contributed by atoms with Crippen LogP contribution in [0.2, 0.25) is 0 Å². The summed E-state index contributed by atoms with van der Waals surface area (Å²) in [5, 5.41) is 13.6. The third-order valence-electron chi connectivity index (χ3n) is 3.25. The molecule has 3 aromatic rings. The Bertz CT molecular complexity index is 865. The van der Waals surface area contributed by atoms with Crippen molar-refractivity contribution in [2.75, 3.05) is 5.32 Å². The predicted molar refractivity (Wildman–Crippen MR) is 83.6 cm³/mol. The maximum absolute atomic E-state index is 12.2. The average molecular weight is 316 g/mol. The number of rotatable bonds is 3. The van der Waals surface area contributed by atoms with Crippen molar-refractivity contribution < 1.29 is 9.72 Å². The van der Waals surface area contributed by atoms with Gasteiger partial charge in [-0.1, -0.05) is 6.07 Å². The third-order valence-corrected chi connectivity index (χ3v) is 4.17. The van der Waals surface area contributed by atoms with E-state index in [-0.39, 0.29) is 11.4 Å². The standard InChI is InChI=1S/C14H12N4O3S/c1-8-6-17-7-11(16-14(17)22-8)13(19)15-10-4-3-5-12(9(10)2)18(20)21/h3-7H,1-2H3,(H,15,19). The van der Waals surface area contributed by atoms with E-state index in [1.165, 1.54) is 23.5 Å². The fourth-order valence-corrected chi connectivity index (χ4v) is 2.97. The number of anilines is 1. The quantitative estimate of drug-likeness (QED) is 0.593. The van der Waals surface area contributed by atoms with Crippen LogP contribution in [-0.2, 0) is 0 Å². The summed E-state index contributed by atoms with van der Waals surface area (Å²) in [7, 11) is 0. The van der Waals surface area contributed by atoms with E-state index in [2.05, 4.69) is 10.3 Å². The molecule has 0 aliphatic heterocycles. The molecule has 0 spiro atoms. The maximum atomic E-state index is 12.2. The summed E-state index contributed by atoms with van der Waals surface area (Å²) >= 11 is 1.49. The number of nitrogens with one attached hydrogen (secondary N) is 1. The van der Waals surface area contributed by atoms with Crippen molar-refractivity contribution in [2.45, 2.75) is 13.8 Å².